The van der Waals surface area contributed by atoms with Crippen molar-refractivity contribution >= 4 is 11.8 Å². The van der Waals surface area contributed by atoms with Crippen LogP contribution in [0.15, 0.2) is 0 Å². The lowest BCUT2D eigenvalue weighted by atomic mass is 10.3. The van der Waals surface area contributed by atoms with Crippen LogP contribution >= 0.6 is 0 Å². The number of likely N-dealkylation sites (tertiary alicyclic amines) is 1. The monoisotopic (exact) mass is 211 g/mol. The first-order valence-corrected chi connectivity index (χ1v) is 5.41. The summed E-state index contributed by atoms with van der Waals surface area (Å²) in [5, 5.41) is 0. The van der Waals surface area contributed by atoms with E-state index < -0.39 is 0 Å². The molecule has 84 valence electrons. The van der Waals surface area contributed by atoms with Gasteiger partial charge < -0.3 is 4.90 Å². The first-order chi connectivity index (χ1) is 7.16. The topological polar surface area (TPSA) is 43.9 Å². The highest BCUT2D eigenvalue weighted by atomic mass is 16.2. The van der Waals surface area contributed by atoms with E-state index in [1.807, 2.05) is 0 Å². The zero-order chi connectivity index (χ0) is 10.8. The second-order valence-corrected chi connectivity index (χ2v) is 4.28. The van der Waals surface area contributed by atoms with Crippen LogP contribution in [0.1, 0.15) is 12.8 Å². The van der Waals surface area contributed by atoms with Gasteiger partial charge in [0.05, 0.1) is 6.67 Å². The first-order valence-electron chi connectivity index (χ1n) is 5.41. The number of amides is 2. The molecule has 0 aliphatic carbocycles. The van der Waals surface area contributed by atoms with Gasteiger partial charge in [0.2, 0.25) is 11.8 Å². The summed E-state index contributed by atoms with van der Waals surface area (Å²) in [5.41, 5.74) is 0. The van der Waals surface area contributed by atoms with Crippen LogP contribution in [0, 0.1) is 0 Å². The van der Waals surface area contributed by atoms with Crippen LogP contribution in [0.25, 0.3) is 0 Å². The molecule has 2 rings (SSSR count). The van der Waals surface area contributed by atoms with E-state index in [1.165, 1.54) is 4.90 Å². The van der Waals surface area contributed by atoms with Crippen LogP contribution in [0.5, 0.6) is 0 Å². The van der Waals surface area contributed by atoms with Crippen molar-refractivity contribution in [2.75, 3.05) is 39.9 Å². The number of likely N-dealkylation sites (N-methyl/N-ethyl adjacent to an activating group) is 1. The number of nitrogens with zero attached hydrogens (tertiary/aromatic N) is 3. The fourth-order valence-electron chi connectivity index (χ4n) is 1.97. The molecule has 0 aromatic carbocycles. The van der Waals surface area contributed by atoms with E-state index in [0.29, 0.717) is 19.5 Å². The first kappa shape index (κ1) is 10.6. The van der Waals surface area contributed by atoms with Crippen LogP contribution in [-0.4, -0.2) is 66.4 Å². The Labute approximate surface area is 89.6 Å². The van der Waals surface area contributed by atoms with Crippen molar-refractivity contribution in [3.05, 3.63) is 0 Å². The summed E-state index contributed by atoms with van der Waals surface area (Å²) < 4.78 is 0. The van der Waals surface area contributed by atoms with Gasteiger partial charge in [-0.2, -0.15) is 0 Å². The Bertz CT molecular complexity index is 256. The van der Waals surface area contributed by atoms with Crippen molar-refractivity contribution in [1.29, 1.82) is 0 Å². The highest BCUT2D eigenvalue weighted by Crippen LogP contribution is 2.12. The number of imide groups is 1. The van der Waals surface area contributed by atoms with Crippen LogP contribution in [0.4, 0.5) is 0 Å². The lowest BCUT2D eigenvalue weighted by Gasteiger charge is -2.34. The van der Waals surface area contributed by atoms with Gasteiger partial charge >= 0.3 is 0 Å². The van der Waals surface area contributed by atoms with Gasteiger partial charge in [0.25, 0.3) is 0 Å². The second-order valence-electron chi connectivity index (χ2n) is 4.28. The molecule has 2 amide bonds. The number of hydrogen-bond donors (Lipinski definition) is 0. The molecule has 2 heterocycles. The van der Waals surface area contributed by atoms with E-state index in [4.69, 9.17) is 0 Å². The standard InChI is InChI=1S/C10H17N3O2/c1-11-4-6-12(7-5-11)8-13-9(14)2-3-10(13)15/h2-8H2,1H3. The second kappa shape index (κ2) is 4.28. The maximum Gasteiger partial charge on any atom is 0.230 e. The third-order valence-electron chi connectivity index (χ3n) is 3.09. The fraction of sp³-hybridized carbons (Fsp3) is 0.800. The van der Waals surface area contributed by atoms with Gasteiger partial charge in [0.15, 0.2) is 0 Å². The van der Waals surface area contributed by atoms with Crippen molar-refractivity contribution in [3.63, 3.8) is 0 Å². The number of hydrogen-bond acceptors (Lipinski definition) is 4. The fourth-order valence-corrected chi connectivity index (χ4v) is 1.97. The molecular formula is C10H17N3O2. The van der Waals surface area contributed by atoms with E-state index in [2.05, 4.69) is 16.8 Å². The normalized spacial score (nSPS) is 25.3. The Morgan fingerprint density at radius 2 is 1.53 bits per heavy atom. The maximum atomic E-state index is 11.4. The molecule has 0 N–H and O–H groups in total. The predicted molar refractivity (Wildman–Crippen MR) is 55.0 cm³/mol. The number of piperazine rings is 1. The van der Waals surface area contributed by atoms with E-state index in [-0.39, 0.29) is 11.8 Å². The molecule has 2 fully saturated rings. The Morgan fingerprint density at radius 3 is 2.07 bits per heavy atom. The Balaban J connectivity index is 1.86. The third kappa shape index (κ3) is 2.35. The van der Waals surface area contributed by atoms with Crippen LogP contribution in [0.2, 0.25) is 0 Å². The van der Waals surface area contributed by atoms with Crippen molar-refractivity contribution in [2.24, 2.45) is 0 Å². The van der Waals surface area contributed by atoms with E-state index >= 15 is 0 Å². The zero-order valence-electron chi connectivity index (χ0n) is 9.11. The molecule has 0 saturated carbocycles. The van der Waals surface area contributed by atoms with E-state index in [9.17, 15) is 9.59 Å². The Hall–Kier alpha value is -0.940. The highest BCUT2D eigenvalue weighted by molar-refractivity contribution is 6.01. The molecule has 0 aromatic rings. The van der Waals surface area contributed by atoms with Gasteiger partial charge in [-0.3, -0.25) is 19.4 Å². The molecule has 0 unspecified atom stereocenters. The van der Waals surface area contributed by atoms with Crippen molar-refractivity contribution in [3.8, 4) is 0 Å². The van der Waals surface area contributed by atoms with Crippen molar-refractivity contribution < 1.29 is 9.59 Å². The average molecular weight is 211 g/mol. The molecule has 0 bridgehead atoms. The molecule has 0 radical (unpaired) electrons. The average Bonchev–Trinajstić information content (AvgIpc) is 2.53. The van der Waals surface area contributed by atoms with Gasteiger partial charge in [-0.15, -0.1) is 0 Å². The van der Waals surface area contributed by atoms with Crippen LogP contribution < -0.4 is 0 Å². The molecule has 0 atom stereocenters. The molecule has 15 heavy (non-hydrogen) atoms. The molecule has 2 aliphatic rings. The molecule has 2 aliphatic heterocycles. The van der Waals surface area contributed by atoms with Gasteiger partial charge in [-0.25, -0.2) is 0 Å². The Kier molecular flexibility index (Phi) is 3.02. The molecule has 5 nitrogen and oxygen atoms in total. The van der Waals surface area contributed by atoms with Crippen molar-refractivity contribution in [2.45, 2.75) is 12.8 Å². The lowest BCUT2D eigenvalue weighted by molar-refractivity contribution is -0.141. The molecule has 5 heteroatoms. The molecule has 0 aromatic heterocycles. The number of carbonyl (C=O) groups excluding carboxylic acids is 2. The van der Waals surface area contributed by atoms with E-state index in [1.54, 1.807) is 0 Å². The SMILES string of the molecule is CN1CCN(CN2C(=O)CCC2=O)CC1. The summed E-state index contributed by atoms with van der Waals surface area (Å²) in [6, 6.07) is 0. The zero-order valence-corrected chi connectivity index (χ0v) is 9.11. The maximum absolute atomic E-state index is 11.4. The van der Waals surface area contributed by atoms with Crippen molar-refractivity contribution in [1.82, 2.24) is 14.7 Å². The molecule has 2 saturated heterocycles. The number of carbonyl (C=O) groups is 2. The summed E-state index contributed by atoms with van der Waals surface area (Å²) in [6.45, 7) is 4.39. The molecule has 0 spiro atoms. The van der Waals surface area contributed by atoms with Gasteiger partial charge in [0, 0.05) is 39.0 Å². The third-order valence-corrected chi connectivity index (χ3v) is 3.09. The summed E-state index contributed by atoms with van der Waals surface area (Å²) in [4.78, 5) is 28.6. The predicted octanol–water partition coefficient (Wildman–Crippen LogP) is -0.660. The molecular weight excluding hydrogens is 194 g/mol. The quantitative estimate of drug-likeness (QED) is 0.569. The lowest BCUT2D eigenvalue weighted by Crippen LogP contribution is -2.49. The van der Waals surface area contributed by atoms with E-state index in [0.717, 1.165) is 26.2 Å². The van der Waals surface area contributed by atoms with Gasteiger partial charge in [0.1, 0.15) is 0 Å². The Morgan fingerprint density at radius 1 is 1.00 bits per heavy atom. The minimum absolute atomic E-state index is 0.0149. The largest absolute Gasteiger partial charge is 0.304 e. The van der Waals surface area contributed by atoms with Gasteiger partial charge in [-0.05, 0) is 7.05 Å². The summed E-state index contributed by atoms with van der Waals surface area (Å²) in [6.07, 6.45) is 0.791. The van der Waals surface area contributed by atoms with Crippen LogP contribution in [-0.2, 0) is 9.59 Å². The van der Waals surface area contributed by atoms with Gasteiger partial charge in [-0.1, -0.05) is 0 Å². The minimum Gasteiger partial charge on any atom is -0.304 e. The minimum atomic E-state index is -0.0149. The summed E-state index contributed by atoms with van der Waals surface area (Å²) in [5.74, 6) is -0.0298. The number of rotatable bonds is 2. The highest BCUT2D eigenvalue weighted by Gasteiger charge is 2.30. The summed E-state index contributed by atoms with van der Waals surface area (Å²) in [7, 11) is 2.09. The summed E-state index contributed by atoms with van der Waals surface area (Å²) >= 11 is 0. The van der Waals surface area contributed by atoms with Crippen LogP contribution in [0.3, 0.4) is 0 Å². The smallest absolute Gasteiger partial charge is 0.230 e.